The van der Waals surface area contributed by atoms with E-state index in [1.165, 1.54) is 6.07 Å². The lowest BCUT2D eigenvalue weighted by molar-refractivity contribution is -0.117. The Hall–Kier alpha value is -1.40. The molecule has 1 aromatic rings. The van der Waals surface area contributed by atoms with Gasteiger partial charge in [-0.3, -0.25) is 4.79 Å². The van der Waals surface area contributed by atoms with E-state index in [2.05, 4.69) is 5.32 Å². The van der Waals surface area contributed by atoms with Gasteiger partial charge in [0.2, 0.25) is 15.9 Å². The number of anilines is 1. The number of nitrogens with two attached hydrogens (primary N) is 1. The van der Waals surface area contributed by atoms with Crippen LogP contribution in [0.1, 0.15) is 32.3 Å². The molecular formula is C13H20N2O3S. The summed E-state index contributed by atoms with van der Waals surface area (Å²) >= 11 is 0. The van der Waals surface area contributed by atoms with Crippen molar-refractivity contribution in [3.63, 3.8) is 0 Å². The molecule has 1 atom stereocenters. The van der Waals surface area contributed by atoms with E-state index < -0.39 is 10.0 Å². The number of hydrogen-bond acceptors (Lipinski definition) is 3. The molecular weight excluding hydrogens is 264 g/mol. The van der Waals surface area contributed by atoms with Crippen molar-refractivity contribution in [2.75, 3.05) is 5.32 Å². The van der Waals surface area contributed by atoms with Gasteiger partial charge in [-0.05, 0) is 36.6 Å². The van der Waals surface area contributed by atoms with Gasteiger partial charge >= 0.3 is 0 Å². The zero-order valence-corrected chi connectivity index (χ0v) is 12.3. The number of carbonyl (C=O) groups excluding carboxylic acids is 1. The predicted molar refractivity (Wildman–Crippen MR) is 75.3 cm³/mol. The van der Waals surface area contributed by atoms with Crippen LogP contribution in [-0.4, -0.2) is 14.3 Å². The van der Waals surface area contributed by atoms with E-state index in [4.69, 9.17) is 5.14 Å². The average Bonchev–Trinajstić information content (AvgIpc) is 2.26. The molecule has 0 saturated heterocycles. The third-order valence-corrected chi connectivity index (χ3v) is 4.07. The van der Waals surface area contributed by atoms with Crippen LogP contribution in [0, 0.1) is 12.8 Å². The van der Waals surface area contributed by atoms with Gasteiger partial charge in [-0.25, -0.2) is 13.6 Å². The minimum Gasteiger partial charge on any atom is -0.326 e. The number of aryl methyl sites for hydroxylation is 1. The molecule has 0 aliphatic carbocycles. The van der Waals surface area contributed by atoms with E-state index in [0.29, 0.717) is 23.6 Å². The first-order chi connectivity index (χ1) is 8.74. The van der Waals surface area contributed by atoms with Crippen molar-refractivity contribution in [3.8, 4) is 0 Å². The molecule has 0 spiro atoms. The summed E-state index contributed by atoms with van der Waals surface area (Å²) in [5.41, 5.74) is 1.10. The summed E-state index contributed by atoms with van der Waals surface area (Å²) in [5, 5.41) is 7.83. The molecule has 0 aliphatic rings. The highest BCUT2D eigenvalue weighted by Crippen LogP contribution is 2.19. The van der Waals surface area contributed by atoms with E-state index in [1.54, 1.807) is 19.1 Å². The average molecular weight is 284 g/mol. The van der Waals surface area contributed by atoms with Crippen LogP contribution >= 0.6 is 0 Å². The number of nitrogens with one attached hydrogen (secondary N) is 1. The fourth-order valence-electron chi connectivity index (χ4n) is 1.72. The van der Waals surface area contributed by atoms with E-state index in [1.807, 2.05) is 13.8 Å². The first-order valence-electron chi connectivity index (χ1n) is 6.17. The van der Waals surface area contributed by atoms with Gasteiger partial charge in [0.05, 0.1) is 4.90 Å². The molecule has 0 bridgehead atoms. The van der Waals surface area contributed by atoms with E-state index in [-0.39, 0.29) is 10.8 Å². The smallest absolute Gasteiger partial charge is 0.238 e. The Balaban J connectivity index is 2.83. The molecule has 0 aromatic heterocycles. The molecule has 5 nitrogen and oxygen atoms in total. The van der Waals surface area contributed by atoms with Crippen molar-refractivity contribution in [1.82, 2.24) is 0 Å². The summed E-state index contributed by atoms with van der Waals surface area (Å²) in [4.78, 5) is 11.8. The fraction of sp³-hybridized carbons (Fsp3) is 0.462. The molecule has 0 aliphatic heterocycles. The Labute approximate surface area is 114 Å². The van der Waals surface area contributed by atoms with Gasteiger partial charge < -0.3 is 5.32 Å². The van der Waals surface area contributed by atoms with Crippen molar-refractivity contribution in [1.29, 1.82) is 0 Å². The zero-order chi connectivity index (χ0) is 14.6. The Morgan fingerprint density at radius 3 is 2.53 bits per heavy atom. The zero-order valence-electron chi connectivity index (χ0n) is 11.4. The van der Waals surface area contributed by atoms with Crippen LogP contribution in [0.25, 0.3) is 0 Å². The molecule has 0 saturated carbocycles. The van der Waals surface area contributed by atoms with Crippen molar-refractivity contribution in [2.24, 2.45) is 11.1 Å². The van der Waals surface area contributed by atoms with Crippen molar-refractivity contribution in [3.05, 3.63) is 23.8 Å². The van der Waals surface area contributed by atoms with Gasteiger partial charge in [-0.1, -0.05) is 20.3 Å². The Kier molecular flexibility index (Phi) is 5.08. The maximum atomic E-state index is 11.7. The maximum absolute atomic E-state index is 11.7. The molecule has 0 heterocycles. The van der Waals surface area contributed by atoms with E-state index >= 15 is 0 Å². The van der Waals surface area contributed by atoms with Crippen molar-refractivity contribution in [2.45, 2.75) is 38.5 Å². The molecule has 19 heavy (non-hydrogen) atoms. The molecule has 3 N–H and O–H groups in total. The van der Waals surface area contributed by atoms with Gasteiger partial charge in [0.1, 0.15) is 0 Å². The first kappa shape index (κ1) is 15.7. The van der Waals surface area contributed by atoms with Gasteiger partial charge in [-0.2, -0.15) is 0 Å². The van der Waals surface area contributed by atoms with E-state index in [9.17, 15) is 13.2 Å². The maximum Gasteiger partial charge on any atom is 0.238 e. The first-order valence-corrected chi connectivity index (χ1v) is 7.72. The second kappa shape index (κ2) is 6.16. The highest BCUT2D eigenvalue weighted by molar-refractivity contribution is 7.89. The summed E-state index contributed by atoms with van der Waals surface area (Å²) in [6.45, 7) is 5.68. The number of rotatable bonds is 5. The number of carbonyl (C=O) groups is 1. The van der Waals surface area contributed by atoms with Crippen molar-refractivity contribution < 1.29 is 13.2 Å². The van der Waals surface area contributed by atoms with Crippen LogP contribution < -0.4 is 10.5 Å². The lowest BCUT2D eigenvalue weighted by Gasteiger charge is -2.11. The van der Waals surface area contributed by atoms with Crippen molar-refractivity contribution >= 4 is 21.6 Å². The minimum absolute atomic E-state index is 0.0721. The van der Waals surface area contributed by atoms with Crippen LogP contribution in [0.4, 0.5) is 5.69 Å². The summed E-state index contributed by atoms with van der Waals surface area (Å²) in [7, 11) is -3.71. The number of amides is 1. The largest absolute Gasteiger partial charge is 0.326 e. The predicted octanol–water partition coefficient (Wildman–Crippen LogP) is 2.02. The van der Waals surface area contributed by atoms with Crippen LogP contribution in [0.2, 0.25) is 0 Å². The summed E-state index contributed by atoms with van der Waals surface area (Å²) < 4.78 is 22.5. The van der Waals surface area contributed by atoms with E-state index in [0.717, 1.165) is 6.42 Å². The highest BCUT2D eigenvalue weighted by Gasteiger charge is 2.13. The lowest BCUT2D eigenvalue weighted by Crippen LogP contribution is -2.16. The quantitative estimate of drug-likeness (QED) is 0.866. The Morgan fingerprint density at radius 1 is 1.42 bits per heavy atom. The third kappa shape index (κ3) is 4.65. The highest BCUT2D eigenvalue weighted by atomic mass is 32.2. The van der Waals surface area contributed by atoms with Crippen LogP contribution in [0.15, 0.2) is 23.1 Å². The number of sulfonamides is 1. The number of hydrogen-bond donors (Lipinski definition) is 2. The third-order valence-electron chi connectivity index (χ3n) is 3.00. The molecule has 6 heteroatoms. The molecule has 1 aromatic carbocycles. The standard InChI is InChI=1S/C13H20N2O3S/c1-4-9(2)7-13(16)15-11-5-6-12(10(3)8-11)19(14,17)18/h5-6,8-9H,4,7H2,1-3H3,(H,15,16)(H2,14,17,18). The molecule has 1 unspecified atom stereocenters. The minimum atomic E-state index is -3.71. The molecule has 1 rings (SSSR count). The van der Waals surface area contributed by atoms with Gasteiger partial charge in [-0.15, -0.1) is 0 Å². The summed E-state index contributed by atoms with van der Waals surface area (Å²) in [5.74, 6) is 0.252. The molecule has 106 valence electrons. The normalized spacial score (nSPS) is 13.1. The summed E-state index contributed by atoms with van der Waals surface area (Å²) in [6.07, 6.45) is 1.39. The van der Waals surface area contributed by atoms with Crippen LogP contribution in [0.5, 0.6) is 0 Å². The fourth-order valence-corrected chi connectivity index (χ4v) is 2.48. The van der Waals surface area contributed by atoms with Crippen LogP contribution in [-0.2, 0) is 14.8 Å². The summed E-state index contributed by atoms with van der Waals surface area (Å²) in [6, 6.07) is 4.55. The second-order valence-corrected chi connectivity index (χ2v) is 6.32. The lowest BCUT2D eigenvalue weighted by atomic mass is 10.0. The second-order valence-electron chi connectivity index (χ2n) is 4.79. The van der Waals surface area contributed by atoms with Gasteiger partial charge in [0, 0.05) is 12.1 Å². The van der Waals surface area contributed by atoms with Crippen LogP contribution in [0.3, 0.4) is 0 Å². The topological polar surface area (TPSA) is 89.3 Å². The molecule has 0 fully saturated rings. The monoisotopic (exact) mass is 284 g/mol. The SMILES string of the molecule is CCC(C)CC(=O)Nc1ccc(S(N)(=O)=O)c(C)c1. The number of primary sulfonamides is 1. The van der Waals surface area contributed by atoms with Gasteiger partial charge in [0.25, 0.3) is 0 Å². The Bertz CT molecular complexity index is 567. The van der Waals surface area contributed by atoms with Gasteiger partial charge in [0.15, 0.2) is 0 Å². The molecule has 1 amide bonds. The molecule has 0 radical (unpaired) electrons. The number of benzene rings is 1. The Morgan fingerprint density at radius 2 is 2.05 bits per heavy atom.